The van der Waals surface area contributed by atoms with Gasteiger partial charge in [0.2, 0.25) is 0 Å². The fourth-order valence-electron chi connectivity index (χ4n) is 1.02. The van der Waals surface area contributed by atoms with Crippen molar-refractivity contribution in [1.82, 2.24) is 10.2 Å². The lowest BCUT2D eigenvalue weighted by atomic mass is 10.3. The highest BCUT2D eigenvalue weighted by atomic mass is 32.1. The number of nitrogen functional groups attached to an aromatic ring is 1. The average molecular weight is 165 g/mol. The molecule has 0 saturated heterocycles. The van der Waals surface area contributed by atoms with Gasteiger partial charge in [0.15, 0.2) is 5.82 Å². The predicted octanol–water partition coefficient (Wildman–Crippen LogP) is 1.58. The maximum Gasteiger partial charge on any atom is 0.154 e. The summed E-state index contributed by atoms with van der Waals surface area (Å²) in [5.74, 6) is 0.520. The maximum atomic E-state index is 5.60. The van der Waals surface area contributed by atoms with Gasteiger partial charge in [0.1, 0.15) is 0 Å². The highest BCUT2D eigenvalue weighted by Gasteiger charge is 2.03. The quantitative estimate of drug-likeness (QED) is 0.644. The van der Waals surface area contributed by atoms with E-state index in [1.165, 1.54) is 0 Å². The van der Waals surface area contributed by atoms with Crippen LogP contribution in [0.4, 0.5) is 5.82 Å². The third-order valence-electron chi connectivity index (χ3n) is 1.58. The van der Waals surface area contributed by atoms with Crippen molar-refractivity contribution in [2.45, 2.75) is 6.92 Å². The molecule has 0 aliphatic heterocycles. The molecule has 0 atom stereocenters. The second-order valence-corrected chi connectivity index (χ2v) is 3.25. The van der Waals surface area contributed by atoms with Crippen LogP contribution in [0.25, 0.3) is 10.1 Å². The minimum atomic E-state index is 0.520. The molecule has 0 radical (unpaired) electrons. The van der Waals surface area contributed by atoms with Crippen LogP contribution in [0, 0.1) is 6.92 Å². The van der Waals surface area contributed by atoms with E-state index in [0.717, 1.165) is 15.8 Å². The largest absolute Gasteiger partial charge is 0.382 e. The molecule has 2 heterocycles. The van der Waals surface area contributed by atoms with Gasteiger partial charge < -0.3 is 5.73 Å². The van der Waals surface area contributed by atoms with Gasteiger partial charge in [-0.1, -0.05) is 0 Å². The molecule has 4 heteroatoms. The predicted molar refractivity (Wildman–Crippen MR) is 46.6 cm³/mol. The lowest BCUT2D eigenvalue weighted by molar-refractivity contribution is 1.01. The number of nitrogens with two attached hydrogens (primary N) is 1. The average Bonchev–Trinajstić information content (AvgIpc) is 2.45. The van der Waals surface area contributed by atoms with Crippen molar-refractivity contribution < 1.29 is 0 Å². The highest BCUT2D eigenvalue weighted by molar-refractivity contribution is 7.17. The Hall–Kier alpha value is -1.16. The molecule has 0 bridgehead atoms. The molecule has 2 aromatic heterocycles. The van der Waals surface area contributed by atoms with Crippen molar-refractivity contribution in [3.63, 3.8) is 0 Å². The van der Waals surface area contributed by atoms with Gasteiger partial charge in [-0.2, -0.15) is 5.10 Å². The van der Waals surface area contributed by atoms with Gasteiger partial charge >= 0.3 is 0 Å². The number of rotatable bonds is 0. The Labute approximate surface area is 67.9 Å². The Balaban J connectivity index is 2.96. The summed E-state index contributed by atoms with van der Waals surface area (Å²) in [6.07, 6.45) is 0. The van der Waals surface area contributed by atoms with Crippen LogP contribution in [-0.4, -0.2) is 10.2 Å². The summed E-state index contributed by atoms with van der Waals surface area (Å²) in [7, 11) is 0. The minimum Gasteiger partial charge on any atom is -0.382 e. The number of nitrogens with zero attached hydrogens (tertiary/aromatic N) is 2. The highest BCUT2D eigenvalue weighted by Crippen LogP contribution is 2.25. The Morgan fingerprint density at radius 1 is 1.45 bits per heavy atom. The van der Waals surface area contributed by atoms with Crippen molar-refractivity contribution in [1.29, 1.82) is 0 Å². The van der Waals surface area contributed by atoms with Crippen LogP contribution in [0.15, 0.2) is 11.4 Å². The van der Waals surface area contributed by atoms with Gasteiger partial charge in [-0.25, -0.2) is 0 Å². The molecule has 2 aromatic rings. The Morgan fingerprint density at radius 3 is 3.00 bits per heavy atom. The number of aryl methyl sites for hydroxylation is 1. The van der Waals surface area contributed by atoms with Gasteiger partial charge in [-0.15, -0.1) is 16.4 Å². The van der Waals surface area contributed by atoms with E-state index in [2.05, 4.69) is 10.2 Å². The molecule has 2 rings (SSSR count). The molecule has 0 unspecified atom stereocenters. The molecule has 0 fully saturated rings. The summed E-state index contributed by atoms with van der Waals surface area (Å²) < 4.78 is 1.14. The summed E-state index contributed by atoms with van der Waals surface area (Å²) >= 11 is 1.65. The van der Waals surface area contributed by atoms with Gasteiger partial charge in [-0.05, 0) is 18.4 Å². The Kier molecular flexibility index (Phi) is 1.29. The van der Waals surface area contributed by atoms with E-state index < -0.39 is 0 Å². The fourth-order valence-corrected chi connectivity index (χ4v) is 1.87. The molecule has 0 aliphatic carbocycles. The number of fused-ring (bicyclic) bond motifs is 1. The summed E-state index contributed by atoms with van der Waals surface area (Å²) in [4.78, 5) is 0. The number of aromatic nitrogens is 2. The number of hydrogen-bond donors (Lipinski definition) is 1. The first-order valence-electron chi connectivity index (χ1n) is 3.25. The molecule has 0 amide bonds. The summed E-state index contributed by atoms with van der Waals surface area (Å²) in [6, 6.07) is 1.97. The summed E-state index contributed by atoms with van der Waals surface area (Å²) in [6.45, 7) is 1.94. The van der Waals surface area contributed by atoms with E-state index in [9.17, 15) is 0 Å². The van der Waals surface area contributed by atoms with Crippen LogP contribution < -0.4 is 5.73 Å². The number of anilines is 1. The first-order valence-corrected chi connectivity index (χ1v) is 4.13. The van der Waals surface area contributed by atoms with Crippen LogP contribution in [0.3, 0.4) is 0 Å². The molecule has 3 nitrogen and oxygen atoms in total. The molecule has 0 spiro atoms. The lowest BCUT2D eigenvalue weighted by Crippen LogP contribution is -1.94. The van der Waals surface area contributed by atoms with Crippen molar-refractivity contribution in [2.75, 3.05) is 5.73 Å². The second-order valence-electron chi connectivity index (χ2n) is 2.33. The van der Waals surface area contributed by atoms with Gasteiger partial charge in [0.05, 0.1) is 10.4 Å². The van der Waals surface area contributed by atoms with E-state index >= 15 is 0 Å². The van der Waals surface area contributed by atoms with Crippen LogP contribution in [0.5, 0.6) is 0 Å². The molecule has 11 heavy (non-hydrogen) atoms. The third-order valence-corrected chi connectivity index (χ3v) is 2.60. The molecule has 56 valence electrons. The fraction of sp³-hybridized carbons (Fsp3) is 0.143. The third kappa shape index (κ3) is 0.867. The van der Waals surface area contributed by atoms with Crippen molar-refractivity contribution in [2.24, 2.45) is 0 Å². The lowest BCUT2D eigenvalue weighted by Gasteiger charge is -1.95. The van der Waals surface area contributed by atoms with E-state index in [0.29, 0.717) is 5.82 Å². The van der Waals surface area contributed by atoms with Crippen LogP contribution in [0.2, 0.25) is 0 Å². The standard InChI is InChI=1S/C7H7N3S/c1-4-6-5(2-3-11-6)7(8)10-9-4/h2-3H,1H3,(H2,8,10). The zero-order valence-corrected chi connectivity index (χ0v) is 6.85. The second kappa shape index (κ2) is 2.17. The summed E-state index contributed by atoms with van der Waals surface area (Å²) in [5, 5.41) is 10.7. The zero-order valence-electron chi connectivity index (χ0n) is 6.03. The minimum absolute atomic E-state index is 0.520. The molecule has 0 aliphatic rings. The van der Waals surface area contributed by atoms with Crippen molar-refractivity contribution in [3.8, 4) is 0 Å². The molecular weight excluding hydrogens is 158 g/mol. The number of thiophene rings is 1. The van der Waals surface area contributed by atoms with Crippen LogP contribution in [0.1, 0.15) is 5.69 Å². The van der Waals surface area contributed by atoms with E-state index in [1.54, 1.807) is 11.3 Å². The number of hydrogen-bond acceptors (Lipinski definition) is 4. The van der Waals surface area contributed by atoms with Crippen molar-refractivity contribution >= 4 is 27.2 Å². The first kappa shape index (κ1) is 6.54. The van der Waals surface area contributed by atoms with Crippen LogP contribution >= 0.6 is 11.3 Å². The maximum absolute atomic E-state index is 5.60. The smallest absolute Gasteiger partial charge is 0.154 e. The SMILES string of the molecule is Cc1nnc(N)c2ccsc12. The molecule has 0 saturated carbocycles. The normalized spacial score (nSPS) is 10.6. The summed E-state index contributed by atoms with van der Waals surface area (Å²) in [5.41, 5.74) is 6.55. The topological polar surface area (TPSA) is 51.8 Å². The molecule has 0 aromatic carbocycles. The van der Waals surface area contributed by atoms with Crippen LogP contribution in [-0.2, 0) is 0 Å². The van der Waals surface area contributed by atoms with Gasteiger partial charge in [0.25, 0.3) is 0 Å². The molecular formula is C7H7N3S. The van der Waals surface area contributed by atoms with Gasteiger partial charge in [-0.3, -0.25) is 0 Å². The molecule has 2 N–H and O–H groups in total. The van der Waals surface area contributed by atoms with E-state index in [-0.39, 0.29) is 0 Å². The Bertz CT molecular complexity index is 357. The first-order chi connectivity index (χ1) is 5.29. The van der Waals surface area contributed by atoms with E-state index in [1.807, 2.05) is 18.4 Å². The van der Waals surface area contributed by atoms with Gasteiger partial charge in [0, 0.05) is 5.39 Å². The van der Waals surface area contributed by atoms with Crippen molar-refractivity contribution in [3.05, 3.63) is 17.1 Å². The zero-order chi connectivity index (χ0) is 7.84. The van der Waals surface area contributed by atoms with E-state index in [4.69, 9.17) is 5.73 Å². The monoisotopic (exact) mass is 165 g/mol. The Morgan fingerprint density at radius 2 is 2.27 bits per heavy atom.